The molecule has 0 radical (unpaired) electrons. The second-order valence-corrected chi connectivity index (χ2v) is 4.89. The highest BCUT2D eigenvalue weighted by Gasteiger charge is 2.18. The number of Topliss-reactive ketones (excluding diaryl/α,β-unsaturated/α-hetero) is 1. The Bertz CT molecular complexity index is 373. The predicted octanol–water partition coefficient (Wildman–Crippen LogP) is 3.00. The van der Waals surface area contributed by atoms with Gasteiger partial charge in [-0.05, 0) is 52.3 Å². The lowest BCUT2D eigenvalue weighted by atomic mass is 9.91. The second kappa shape index (κ2) is 3.58. The molecule has 1 aromatic rings. The number of halogens is 2. The molecule has 0 saturated carbocycles. The minimum absolute atomic E-state index is 0.325. The van der Waals surface area contributed by atoms with Crippen molar-refractivity contribution in [2.75, 3.05) is 0 Å². The van der Waals surface area contributed by atoms with Crippen LogP contribution >= 0.6 is 34.2 Å². The maximum absolute atomic E-state index is 11.2. The van der Waals surface area contributed by atoms with Gasteiger partial charge in [0, 0.05) is 21.4 Å². The molecule has 68 valence electrons. The highest BCUT2D eigenvalue weighted by Crippen LogP contribution is 2.28. The van der Waals surface area contributed by atoms with Crippen LogP contribution < -0.4 is 0 Å². The SMILES string of the molecule is O=C1CCc2c(Cl)cc(I)cc2C1. The molecule has 0 N–H and O–H groups in total. The van der Waals surface area contributed by atoms with Gasteiger partial charge in [-0.15, -0.1) is 0 Å². The zero-order valence-corrected chi connectivity index (χ0v) is 9.85. The Balaban J connectivity index is 2.53. The average Bonchev–Trinajstić information content (AvgIpc) is 2.02. The molecule has 0 atom stereocenters. The van der Waals surface area contributed by atoms with Gasteiger partial charge in [0.2, 0.25) is 0 Å². The molecule has 0 unspecified atom stereocenters. The third kappa shape index (κ3) is 1.89. The first-order chi connectivity index (χ1) is 6.16. The van der Waals surface area contributed by atoms with E-state index in [0.717, 1.165) is 20.6 Å². The van der Waals surface area contributed by atoms with Gasteiger partial charge in [-0.25, -0.2) is 0 Å². The molecule has 1 aliphatic carbocycles. The van der Waals surface area contributed by atoms with Crippen molar-refractivity contribution in [3.05, 3.63) is 31.9 Å². The summed E-state index contributed by atoms with van der Waals surface area (Å²) in [4.78, 5) is 11.2. The van der Waals surface area contributed by atoms with Crippen molar-refractivity contribution in [1.82, 2.24) is 0 Å². The van der Waals surface area contributed by atoms with Crippen molar-refractivity contribution < 1.29 is 4.79 Å². The third-order valence-corrected chi connectivity index (χ3v) is 3.25. The van der Waals surface area contributed by atoms with Gasteiger partial charge in [0.05, 0.1) is 0 Å². The van der Waals surface area contributed by atoms with Crippen LogP contribution in [0, 0.1) is 3.57 Å². The lowest BCUT2D eigenvalue weighted by Crippen LogP contribution is -2.13. The third-order valence-electron chi connectivity index (χ3n) is 2.29. The molecule has 0 amide bonds. The Hall–Kier alpha value is -0.0900. The minimum Gasteiger partial charge on any atom is -0.299 e. The van der Waals surface area contributed by atoms with Gasteiger partial charge in [0.1, 0.15) is 5.78 Å². The topological polar surface area (TPSA) is 17.1 Å². The Morgan fingerprint density at radius 2 is 2.08 bits per heavy atom. The van der Waals surface area contributed by atoms with E-state index in [0.29, 0.717) is 18.6 Å². The van der Waals surface area contributed by atoms with E-state index in [4.69, 9.17) is 11.6 Å². The predicted molar refractivity (Wildman–Crippen MR) is 61.2 cm³/mol. The van der Waals surface area contributed by atoms with E-state index < -0.39 is 0 Å². The molecule has 1 aliphatic rings. The first-order valence-electron chi connectivity index (χ1n) is 4.15. The summed E-state index contributed by atoms with van der Waals surface area (Å²) >= 11 is 8.30. The lowest BCUT2D eigenvalue weighted by molar-refractivity contribution is -0.118. The van der Waals surface area contributed by atoms with Crippen LogP contribution in [0.25, 0.3) is 0 Å². The first-order valence-corrected chi connectivity index (χ1v) is 5.61. The Morgan fingerprint density at radius 1 is 1.31 bits per heavy atom. The minimum atomic E-state index is 0.325. The maximum Gasteiger partial charge on any atom is 0.137 e. The summed E-state index contributed by atoms with van der Waals surface area (Å²) in [5, 5.41) is 0.814. The van der Waals surface area contributed by atoms with E-state index >= 15 is 0 Å². The normalized spacial score (nSPS) is 15.7. The quantitative estimate of drug-likeness (QED) is 0.674. The summed E-state index contributed by atoms with van der Waals surface area (Å²) in [5.74, 6) is 0.325. The van der Waals surface area contributed by atoms with Crippen LogP contribution in [-0.2, 0) is 17.6 Å². The number of benzene rings is 1. The van der Waals surface area contributed by atoms with Gasteiger partial charge in [-0.3, -0.25) is 4.79 Å². The molecular formula is C10H8ClIO. The molecule has 0 saturated heterocycles. The van der Waals surface area contributed by atoms with Crippen molar-refractivity contribution in [1.29, 1.82) is 0 Å². The van der Waals surface area contributed by atoms with Crippen LogP contribution in [0.2, 0.25) is 5.02 Å². The second-order valence-electron chi connectivity index (χ2n) is 3.24. The number of hydrogen-bond acceptors (Lipinski definition) is 1. The molecule has 0 heterocycles. The number of rotatable bonds is 0. The van der Waals surface area contributed by atoms with Crippen molar-refractivity contribution in [3.63, 3.8) is 0 Å². The van der Waals surface area contributed by atoms with Gasteiger partial charge in [0.25, 0.3) is 0 Å². The number of carbonyl (C=O) groups excluding carboxylic acids is 1. The average molecular weight is 307 g/mol. The summed E-state index contributed by atoms with van der Waals surface area (Å²) < 4.78 is 1.11. The van der Waals surface area contributed by atoms with Crippen LogP contribution in [0.4, 0.5) is 0 Å². The van der Waals surface area contributed by atoms with Crippen LogP contribution in [0.15, 0.2) is 12.1 Å². The van der Waals surface area contributed by atoms with E-state index in [1.54, 1.807) is 0 Å². The molecule has 0 bridgehead atoms. The summed E-state index contributed by atoms with van der Waals surface area (Å²) in [5.41, 5.74) is 2.29. The fourth-order valence-corrected chi connectivity index (χ4v) is 2.86. The molecular weight excluding hydrogens is 298 g/mol. The molecule has 2 rings (SSSR count). The van der Waals surface area contributed by atoms with Gasteiger partial charge in [-0.2, -0.15) is 0 Å². The summed E-state index contributed by atoms with van der Waals surface area (Å²) in [6.07, 6.45) is 2.02. The molecule has 0 spiro atoms. The van der Waals surface area contributed by atoms with E-state index in [1.807, 2.05) is 6.07 Å². The largest absolute Gasteiger partial charge is 0.299 e. The van der Waals surface area contributed by atoms with Gasteiger partial charge < -0.3 is 0 Å². The highest BCUT2D eigenvalue weighted by molar-refractivity contribution is 14.1. The molecule has 0 aliphatic heterocycles. The smallest absolute Gasteiger partial charge is 0.137 e. The fourth-order valence-electron chi connectivity index (χ4n) is 1.66. The van der Waals surface area contributed by atoms with Crippen molar-refractivity contribution >= 4 is 40.0 Å². The van der Waals surface area contributed by atoms with Crippen molar-refractivity contribution in [2.24, 2.45) is 0 Å². The Labute approximate surface area is 95.6 Å². The molecule has 1 nitrogen and oxygen atoms in total. The zero-order chi connectivity index (χ0) is 9.42. The summed E-state index contributed by atoms with van der Waals surface area (Å²) in [7, 11) is 0. The molecule has 1 aromatic carbocycles. The number of ketones is 1. The fraction of sp³-hybridized carbons (Fsp3) is 0.300. The van der Waals surface area contributed by atoms with E-state index in [2.05, 4.69) is 28.7 Å². The van der Waals surface area contributed by atoms with Crippen LogP contribution in [-0.4, -0.2) is 5.78 Å². The molecule has 0 aromatic heterocycles. The first kappa shape index (κ1) is 9.46. The standard InChI is InChI=1S/C10H8ClIO/c11-10-5-7(12)3-6-4-8(13)1-2-9(6)10/h3,5H,1-2,4H2. The van der Waals surface area contributed by atoms with Crippen molar-refractivity contribution in [3.8, 4) is 0 Å². The summed E-state index contributed by atoms with van der Waals surface area (Å²) in [6.45, 7) is 0. The van der Waals surface area contributed by atoms with Gasteiger partial charge in [-0.1, -0.05) is 11.6 Å². The van der Waals surface area contributed by atoms with Crippen LogP contribution in [0.3, 0.4) is 0 Å². The number of carbonyl (C=O) groups is 1. The molecule has 13 heavy (non-hydrogen) atoms. The highest BCUT2D eigenvalue weighted by atomic mass is 127. The maximum atomic E-state index is 11.2. The number of fused-ring (bicyclic) bond motifs is 1. The molecule has 3 heteroatoms. The van der Waals surface area contributed by atoms with E-state index in [-0.39, 0.29) is 0 Å². The molecule has 0 fully saturated rings. The zero-order valence-electron chi connectivity index (χ0n) is 6.94. The van der Waals surface area contributed by atoms with Crippen LogP contribution in [0.1, 0.15) is 17.5 Å². The Kier molecular flexibility index (Phi) is 2.60. The lowest BCUT2D eigenvalue weighted by Gasteiger charge is -2.16. The van der Waals surface area contributed by atoms with Gasteiger partial charge in [0.15, 0.2) is 0 Å². The number of hydrogen-bond donors (Lipinski definition) is 0. The van der Waals surface area contributed by atoms with E-state index in [1.165, 1.54) is 5.56 Å². The Morgan fingerprint density at radius 3 is 2.85 bits per heavy atom. The van der Waals surface area contributed by atoms with Gasteiger partial charge >= 0.3 is 0 Å². The van der Waals surface area contributed by atoms with Crippen LogP contribution in [0.5, 0.6) is 0 Å². The monoisotopic (exact) mass is 306 g/mol. The van der Waals surface area contributed by atoms with E-state index in [9.17, 15) is 4.79 Å². The van der Waals surface area contributed by atoms with Crippen molar-refractivity contribution in [2.45, 2.75) is 19.3 Å². The summed E-state index contributed by atoms with van der Waals surface area (Å²) in [6, 6.07) is 4.01.